The molecule has 1 unspecified atom stereocenters. The van der Waals surface area contributed by atoms with Gasteiger partial charge in [-0.3, -0.25) is 4.79 Å². The normalized spacial score (nSPS) is 21.1. The predicted octanol–water partition coefficient (Wildman–Crippen LogP) is 0.0689. The molecule has 1 amide bonds. The van der Waals surface area contributed by atoms with E-state index in [0.717, 1.165) is 19.6 Å². The maximum atomic E-state index is 11.8. The van der Waals surface area contributed by atoms with E-state index in [2.05, 4.69) is 29.4 Å². The molecule has 1 aliphatic heterocycles. The highest BCUT2D eigenvalue weighted by Crippen LogP contribution is 2.14. The van der Waals surface area contributed by atoms with Crippen LogP contribution in [0.5, 0.6) is 0 Å². The molecule has 106 valence electrons. The van der Waals surface area contributed by atoms with Gasteiger partial charge in [0.05, 0.1) is 19.1 Å². The summed E-state index contributed by atoms with van der Waals surface area (Å²) < 4.78 is 5.51. The second-order valence-corrected chi connectivity index (χ2v) is 6.08. The number of morpholine rings is 1. The molecule has 0 aliphatic carbocycles. The molecule has 2 N–H and O–H groups in total. The Morgan fingerprint density at radius 1 is 1.50 bits per heavy atom. The molecule has 1 aliphatic rings. The minimum absolute atomic E-state index is 0.0238. The largest absolute Gasteiger partial charge is 0.375 e. The van der Waals surface area contributed by atoms with E-state index in [9.17, 15) is 4.79 Å². The Balaban J connectivity index is 2.23. The first kappa shape index (κ1) is 15.4. The molecular weight excluding hydrogens is 230 g/mol. The van der Waals surface area contributed by atoms with Crippen LogP contribution in [0.15, 0.2) is 0 Å². The summed E-state index contributed by atoms with van der Waals surface area (Å²) in [6.07, 6.45) is 0.473. The highest BCUT2D eigenvalue weighted by atomic mass is 16.5. The predicted molar refractivity (Wildman–Crippen MR) is 72.6 cm³/mol. The second-order valence-electron chi connectivity index (χ2n) is 6.08. The molecule has 0 aromatic rings. The van der Waals surface area contributed by atoms with Crippen LogP contribution in [-0.2, 0) is 9.53 Å². The van der Waals surface area contributed by atoms with Crippen LogP contribution >= 0.6 is 0 Å². The van der Waals surface area contributed by atoms with Gasteiger partial charge in [-0.25, -0.2) is 0 Å². The van der Waals surface area contributed by atoms with E-state index in [0.29, 0.717) is 19.6 Å². The van der Waals surface area contributed by atoms with Crippen molar-refractivity contribution in [1.82, 2.24) is 15.5 Å². The molecule has 0 aromatic heterocycles. The molecule has 5 nitrogen and oxygen atoms in total. The molecule has 0 saturated carbocycles. The number of ether oxygens (including phenoxy) is 1. The molecule has 0 radical (unpaired) electrons. The van der Waals surface area contributed by atoms with Gasteiger partial charge >= 0.3 is 0 Å². The van der Waals surface area contributed by atoms with Gasteiger partial charge in [-0.2, -0.15) is 0 Å². The van der Waals surface area contributed by atoms with E-state index in [1.165, 1.54) is 0 Å². The lowest BCUT2D eigenvalue weighted by Gasteiger charge is -2.29. The molecule has 1 atom stereocenters. The molecule has 0 aromatic carbocycles. The van der Waals surface area contributed by atoms with Crippen molar-refractivity contribution in [2.24, 2.45) is 5.41 Å². The molecule has 1 heterocycles. The van der Waals surface area contributed by atoms with Crippen molar-refractivity contribution in [3.8, 4) is 0 Å². The van der Waals surface area contributed by atoms with Gasteiger partial charge < -0.3 is 20.3 Å². The molecule has 1 rings (SSSR count). The minimum atomic E-state index is 0.0238. The summed E-state index contributed by atoms with van der Waals surface area (Å²) in [6, 6.07) is 0. The number of nitrogens with zero attached hydrogens (tertiary/aromatic N) is 1. The Morgan fingerprint density at radius 3 is 2.78 bits per heavy atom. The van der Waals surface area contributed by atoms with E-state index in [1.54, 1.807) is 0 Å². The Labute approximate surface area is 110 Å². The van der Waals surface area contributed by atoms with Crippen molar-refractivity contribution in [3.05, 3.63) is 0 Å². The lowest BCUT2D eigenvalue weighted by Crippen LogP contribution is -2.44. The van der Waals surface area contributed by atoms with E-state index in [4.69, 9.17) is 4.74 Å². The quantitative estimate of drug-likeness (QED) is 0.707. The van der Waals surface area contributed by atoms with Crippen LogP contribution in [0.4, 0.5) is 0 Å². The van der Waals surface area contributed by atoms with Crippen LogP contribution in [0.1, 0.15) is 20.3 Å². The Morgan fingerprint density at radius 2 is 2.22 bits per heavy atom. The van der Waals surface area contributed by atoms with Gasteiger partial charge in [0.15, 0.2) is 0 Å². The van der Waals surface area contributed by atoms with E-state index >= 15 is 0 Å². The number of rotatable bonds is 6. The second kappa shape index (κ2) is 7.07. The summed E-state index contributed by atoms with van der Waals surface area (Å²) in [5.41, 5.74) is 0.0881. The highest BCUT2D eigenvalue weighted by Gasteiger charge is 2.22. The Hall–Kier alpha value is -0.650. The third-order valence-electron chi connectivity index (χ3n) is 2.93. The fraction of sp³-hybridized carbons (Fsp3) is 0.923. The number of amides is 1. The van der Waals surface area contributed by atoms with Gasteiger partial charge in [0.2, 0.25) is 5.91 Å². The first-order valence-electron chi connectivity index (χ1n) is 6.63. The SMILES string of the molecule is CN(C)CC(C)(C)CNC(=O)CC1CNCCO1. The van der Waals surface area contributed by atoms with Crippen LogP contribution < -0.4 is 10.6 Å². The zero-order valence-electron chi connectivity index (χ0n) is 12.1. The summed E-state index contributed by atoms with van der Waals surface area (Å²) in [6.45, 7) is 8.32. The summed E-state index contributed by atoms with van der Waals surface area (Å²) in [5.74, 6) is 0.0792. The van der Waals surface area contributed by atoms with Gasteiger partial charge in [0, 0.05) is 26.2 Å². The number of nitrogens with one attached hydrogen (secondary N) is 2. The zero-order chi connectivity index (χ0) is 13.6. The van der Waals surface area contributed by atoms with Crippen LogP contribution in [-0.4, -0.2) is 63.8 Å². The Bertz CT molecular complexity index is 261. The summed E-state index contributed by atoms with van der Waals surface area (Å²) in [7, 11) is 4.09. The van der Waals surface area contributed by atoms with Crippen LogP contribution in [0.25, 0.3) is 0 Å². The highest BCUT2D eigenvalue weighted by molar-refractivity contribution is 5.76. The van der Waals surface area contributed by atoms with E-state index < -0.39 is 0 Å². The maximum Gasteiger partial charge on any atom is 0.222 e. The standard InChI is InChI=1S/C13H27N3O2/c1-13(2,10-16(3)4)9-15-12(17)7-11-8-14-5-6-18-11/h11,14H,5-10H2,1-4H3,(H,15,17). The number of hydrogen-bond acceptors (Lipinski definition) is 4. The van der Waals surface area contributed by atoms with Crippen LogP contribution in [0, 0.1) is 5.41 Å². The average Bonchev–Trinajstić information content (AvgIpc) is 2.26. The maximum absolute atomic E-state index is 11.8. The first-order chi connectivity index (χ1) is 8.39. The molecule has 18 heavy (non-hydrogen) atoms. The minimum Gasteiger partial charge on any atom is -0.375 e. The zero-order valence-corrected chi connectivity index (χ0v) is 12.1. The number of carbonyl (C=O) groups excluding carboxylic acids is 1. The fourth-order valence-corrected chi connectivity index (χ4v) is 2.28. The Kier molecular flexibility index (Phi) is 6.05. The summed E-state index contributed by atoms with van der Waals surface area (Å²) in [5, 5.41) is 6.23. The fourth-order valence-electron chi connectivity index (χ4n) is 2.28. The van der Waals surface area contributed by atoms with Crippen molar-refractivity contribution in [2.75, 3.05) is 46.9 Å². The smallest absolute Gasteiger partial charge is 0.222 e. The van der Waals surface area contributed by atoms with Crippen molar-refractivity contribution < 1.29 is 9.53 Å². The number of hydrogen-bond donors (Lipinski definition) is 2. The molecule has 0 spiro atoms. The van der Waals surface area contributed by atoms with E-state index in [1.807, 2.05) is 14.1 Å². The first-order valence-corrected chi connectivity index (χ1v) is 6.63. The third kappa shape index (κ3) is 6.33. The van der Waals surface area contributed by atoms with Crippen LogP contribution in [0.2, 0.25) is 0 Å². The molecule has 0 bridgehead atoms. The van der Waals surface area contributed by atoms with Crippen molar-refractivity contribution >= 4 is 5.91 Å². The van der Waals surface area contributed by atoms with E-state index in [-0.39, 0.29) is 17.4 Å². The monoisotopic (exact) mass is 257 g/mol. The van der Waals surface area contributed by atoms with Gasteiger partial charge in [0.25, 0.3) is 0 Å². The summed E-state index contributed by atoms with van der Waals surface area (Å²) >= 11 is 0. The van der Waals surface area contributed by atoms with Crippen LogP contribution in [0.3, 0.4) is 0 Å². The lowest BCUT2D eigenvalue weighted by molar-refractivity contribution is -0.125. The summed E-state index contributed by atoms with van der Waals surface area (Å²) in [4.78, 5) is 14.0. The van der Waals surface area contributed by atoms with Crippen molar-refractivity contribution in [3.63, 3.8) is 0 Å². The van der Waals surface area contributed by atoms with Crippen molar-refractivity contribution in [2.45, 2.75) is 26.4 Å². The molecule has 5 heteroatoms. The molecule has 1 fully saturated rings. The molecular formula is C13H27N3O2. The van der Waals surface area contributed by atoms with Gasteiger partial charge in [0.1, 0.15) is 0 Å². The third-order valence-corrected chi connectivity index (χ3v) is 2.93. The topological polar surface area (TPSA) is 53.6 Å². The van der Waals surface area contributed by atoms with Gasteiger partial charge in [-0.05, 0) is 19.5 Å². The van der Waals surface area contributed by atoms with Crippen molar-refractivity contribution in [1.29, 1.82) is 0 Å². The molecule has 1 saturated heterocycles. The average molecular weight is 257 g/mol. The van der Waals surface area contributed by atoms with Gasteiger partial charge in [-0.1, -0.05) is 13.8 Å². The number of carbonyl (C=O) groups is 1. The van der Waals surface area contributed by atoms with Gasteiger partial charge in [-0.15, -0.1) is 0 Å². The lowest BCUT2D eigenvalue weighted by atomic mass is 9.93.